The Labute approximate surface area is 230 Å². The third-order valence-electron chi connectivity index (χ3n) is 6.04. The van der Waals surface area contributed by atoms with Gasteiger partial charge in [0.1, 0.15) is 11.6 Å². The van der Waals surface area contributed by atoms with Gasteiger partial charge in [0.2, 0.25) is 0 Å². The van der Waals surface area contributed by atoms with Gasteiger partial charge < -0.3 is 10.2 Å². The number of rotatable bonds is 10. The van der Waals surface area contributed by atoms with Crippen molar-refractivity contribution in [1.82, 2.24) is 0 Å². The van der Waals surface area contributed by atoms with Crippen LogP contribution in [0.1, 0.15) is 76.0 Å². The number of aryl methyl sites for hydroxylation is 2. The molecular formula is C29H36F7NO3. The average molecular weight is 580 g/mol. The first kappa shape index (κ1) is 35.2. The summed E-state index contributed by atoms with van der Waals surface area (Å²) in [5, 5.41) is 19.2. The third-order valence-corrected chi connectivity index (χ3v) is 6.04. The van der Waals surface area contributed by atoms with Gasteiger partial charge >= 0.3 is 12.4 Å². The highest BCUT2D eigenvalue weighted by atomic mass is 19.4. The van der Waals surface area contributed by atoms with Crippen LogP contribution >= 0.6 is 0 Å². The Bertz CT molecular complexity index is 1100. The molecule has 0 spiro atoms. The van der Waals surface area contributed by atoms with Gasteiger partial charge in [-0.2, -0.15) is 26.3 Å². The number of carbonyl (C=O) groups is 1. The van der Waals surface area contributed by atoms with Gasteiger partial charge in [0.05, 0.1) is 17.7 Å². The van der Waals surface area contributed by atoms with Crippen molar-refractivity contribution in [3.63, 3.8) is 0 Å². The van der Waals surface area contributed by atoms with E-state index in [1.54, 1.807) is 51.1 Å². The van der Waals surface area contributed by atoms with Gasteiger partial charge in [0.15, 0.2) is 0 Å². The highest BCUT2D eigenvalue weighted by Crippen LogP contribution is 2.45. The van der Waals surface area contributed by atoms with Gasteiger partial charge in [0, 0.05) is 12.1 Å². The van der Waals surface area contributed by atoms with E-state index in [4.69, 9.17) is 5.11 Å². The third kappa shape index (κ3) is 10.6. The van der Waals surface area contributed by atoms with Gasteiger partial charge in [-0.05, 0) is 76.3 Å². The fraction of sp³-hybridized carbons (Fsp3) is 0.517. The van der Waals surface area contributed by atoms with Gasteiger partial charge in [-0.3, -0.25) is 9.79 Å². The molecule has 0 aliphatic rings. The molecule has 2 N–H and O–H groups in total. The second-order valence-electron chi connectivity index (χ2n) is 10.2. The molecule has 0 aliphatic carbocycles. The number of hydrogen-bond acceptors (Lipinski definition) is 4. The minimum Gasteiger partial charge on any atom is -0.386 e. The quantitative estimate of drug-likeness (QED) is 0.220. The summed E-state index contributed by atoms with van der Waals surface area (Å²) in [7, 11) is 0. The van der Waals surface area contributed by atoms with E-state index in [1.165, 1.54) is 12.1 Å². The summed E-state index contributed by atoms with van der Waals surface area (Å²) in [6.07, 6.45) is -13.2. The van der Waals surface area contributed by atoms with E-state index in [2.05, 4.69) is 4.99 Å². The zero-order valence-electron chi connectivity index (χ0n) is 23.2. The maximum Gasteiger partial charge on any atom is 0.426 e. The molecule has 2 aromatic rings. The lowest BCUT2D eigenvalue weighted by molar-refractivity contribution is -0.367. The van der Waals surface area contributed by atoms with Crippen LogP contribution < -0.4 is 0 Å². The SMILES string of the molecule is CCCC(CCCC(=O)CC(O)(C(F)(F)F)C(F)(F)F)=Nc1ccc(C(C)(C)O)cc1C.Cc1ccc(F)cc1. The van der Waals surface area contributed by atoms with E-state index in [0.717, 1.165) is 11.1 Å². The summed E-state index contributed by atoms with van der Waals surface area (Å²) in [4.78, 5) is 16.3. The Morgan fingerprint density at radius 3 is 1.82 bits per heavy atom. The number of alkyl halides is 6. The molecule has 0 bridgehead atoms. The number of carbonyl (C=O) groups excluding carboxylic acids is 1. The highest BCUT2D eigenvalue weighted by Gasteiger charge is 2.70. The predicted octanol–water partition coefficient (Wildman–Crippen LogP) is 8.21. The smallest absolute Gasteiger partial charge is 0.386 e. The van der Waals surface area contributed by atoms with Crippen molar-refractivity contribution in [3.05, 3.63) is 65.0 Å². The predicted molar refractivity (Wildman–Crippen MR) is 140 cm³/mol. The van der Waals surface area contributed by atoms with Gasteiger partial charge in [-0.1, -0.05) is 43.2 Å². The summed E-state index contributed by atoms with van der Waals surface area (Å²) in [6.45, 7) is 8.90. The molecule has 0 saturated heterocycles. The number of ketones is 1. The molecule has 0 heterocycles. The fourth-order valence-electron chi connectivity index (χ4n) is 3.61. The van der Waals surface area contributed by atoms with E-state index in [1.807, 2.05) is 13.8 Å². The molecule has 0 fully saturated rings. The van der Waals surface area contributed by atoms with Crippen molar-refractivity contribution in [2.24, 2.45) is 4.99 Å². The topological polar surface area (TPSA) is 69.9 Å². The van der Waals surface area contributed by atoms with Crippen LogP contribution in [0, 0.1) is 19.7 Å². The first-order chi connectivity index (χ1) is 18.2. The lowest BCUT2D eigenvalue weighted by Crippen LogP contribution is -2.57. The molecule has 4 nitrogen and oxygen atoms in total. The van der Waals surface area contributed by atoms with E-state index in [9.17, 15) is 40.6 Å². The second kappa shape index (κ2) is 14.2. The van der Waals surface area contributed by atoms with Crippen molar-refractivity contribution in [2.45, 2.75) is 96.7 Å². The van der Waals surface area contributed by atoms with E-state index < -0.39 is 42.2 Å². The molecule has 2 rings (SSSR count). The summed E-state index contributed by atoms with van der Waals surface area (Å²) in [6, 6.07) is 11.6. The molecule has 0 aromatic heterocycles. The Balaban J connectivity index is 0.000000850. The van der Waals surface area contributed by atoms with Crippen LogP contribution in [0.2, 0.25) is 0 Å². The van der Waals surface area contributed by atoms with Crippen LogP contribution in [0.15, 0.2) is 47.5 Å². The lowest BCUT2D eigenvalue weighted by Gasteiger charge is -2.31. The average Bonchev–Trinajstić information content (AvgIpc) is 2.80. The molecule has 0 unspecified atom stereocenters. The molecule has 11 heteroatoms. The molecule has 0 atom stereocenters. The molecule has 224 valence electrons. The normalized spacial score (nSPS) is 13.1. The van der Waals surface area contributed by atoms with E-state index in [-0.39, 0.29) is 18.7 Å². The second-order valence-corrected chi connectivity index (χ2v) is 10.2. The molecular weight excluding hydrogens is 543 g/mol. The molecule has 0 radical (unpaired) electrons. The van der Waals surface area contributed by atoms with Crippen molar-refractivity contribution in [3.8, 4) is 0 Å². The van der Waals surface area contributed by atoms with Gasteiger partial charge in [-0.25, -0.2) is 4.39 Å². The number of aliphatic imine (C=N–C) groups is 1. The largest absolute Gasteiger partial charge is 0.426 e. The maximum absolute atomic E-state index is 12.7. The number of benzene rings is 2. The monoisotopic (exact) mass is 579 g/mol. The summed E-state index contributed by atoms with van der Waals surface area (Å²) < 4.78 is 88.5. The molecule has 0 saturated carbocycles. The first-order valence-electron chi connectivity index (χ1n) is 12.7. The van der Waals surface area contributed by atoms with Crippen LogP contribution in [0.4, 0.5) is 36.4 Å². The summed E-state index contributed by atoms with van der Waals surface area (Å²) in [5.41, 5.74) is -2.25. The van der Waals surface area contributed by atoms with Crippen molar-refractivity contribution >= 4 is 17.2 Å². The highest BCUT2D eigenvalue weighted by molar-refractivity contribution is 5.88. The van der Waals surface area contributed by atoms with Crippen molar-refractivity contribution in [2.75, 3.05) is 0 Å². The van der Waals surface area contributed by atoms with Crippen LogP contribution in [0.25, 0.3) is 0 Å². The van der Waals surface area contributed by atoms with Crippen LogP contribution in [0.5, 0.6) is 0 Å². The van der Waals surface area contributed by atoms with Crippen molar-refractivity contribution in [1.29, 1.82) is 0 Å². The number of aliphatic hydroxyl groups is 2. The minimum absolute atomic E-state index is 0.00423. The summed E-state index contributed by atoms with van der Waals surface area (Å²) >= 11 is 0. The first-order valence-corrected chi connectivity index (χ1v) is 12.7. The Morgan fingerprint density at radius 1 is 0.850 bits per heavy atom. The van der Waals surface area contributed by atoms with E-state index >= 15 is 0 Å². The molecule has 2 aromatic carbocycles. The Morgan fingerprint density at radius 2 is 1.40 bits per heavy atom. The van der Waals surface area contributed by atoms with Crippen molar-refractivity contribution < 1.29 is 45.7 Å². The zero-order chi connectivity index (χ0) is 30.9. The number of Topliss-reactive ketones (excluding diaryl/α,β-unsaturated/α-hetero) is 1. The molecule has 40 heavy (non-hydrogen) atoms. The lowest BCUT2D eigenvalue weighted by atomic mass is 9.93. The Hall–Kier alpha value is -2.79. The molecule has 0 aliphatic heterocycles. The number of nitrogens with zero attached hydrogens (tertiary/aromatic N) is 1. The number of hydrogen-bond donors (Lipinski definition) is 2. The van der Waals surface area contributed by atoms with E-state index in [0.29, 0.717) is 29.8 Å². The van der Waals surface area contributed by atoms with Crippen LogP contribution in [-0.2, 0) is 10.4 Å². The Kier molecular flexibility index (Phi) is 12.5. The van der Waals surface area contributed by atoms with Crippen LogP contribution in [-0.4, -0.2) is 39.7 Å². The van der Waals surface area contributed by atoms with Gasteiger partial charge in [0.25, 0.3) is 5.60 Å². The maximum atomic E-state index is 12.7. The zero-order valence-corrected chi connectivity index (χ0v) is 23.2. The molecule has 0 amide bonds. The minimum atomic E-state index is -6.01. The van der Waals surface area contributed by atoms with Gasteiger partial charge in [-0.15, -0.1) is 0 Å². The number of halogens is 7. The standard InChI is InChI=1S/C22H29F6NO3.C7H7F/c1-5-7-16(29-18-11-10-15(12-14(18)2)19(3,4)31)8-6-9-17(30)13-20(32,21(23,24)25)22(26,27)28;1-6-2-4-7(8)5-3-6/h10-12,31-32H,5-9,13H2,1-4H3;2-5H,1H3. The fourth-order valence-corrected chi connectivity index (χ4v) is 3.61. The summed E-state index contributed by atoms with van der Waals surface area (Å²) in [5.74, 6) is -1.50. The van der Waals surface area contributed by atoms with Crippen LogP contribution in [0.3, 0.4) is 0 Å².